The molecule has 0 N–H and O–H groups in total. The molecule has 2 rings (SSSR count). The van der Waals surface area contributed by atoms with E-state index in [0.29, 0.717) is 11.3 Å². The molecule has 3 nitrogen and oxygen atoms in total. The minimum absolute atomic E-state index is 0.0321. The number of rotatable bonds is 5. The van der Waals surface area contributed by atoms with Crippen LogP contribution >= 0.6 is 15.9 Å². The van der Waals surface area contributed by atoms with Crippen LogP contribution in [0.2, 0.25) is 0 Å². The first-order valence-corrected chi connectivity index (χ1v) is 7.34. The van der Waals surface area contributed by atoms with Crippen LogP contribution in [-0.4, -0.2) is 20.0 Å². The molecule has 0 unspecified atom stereocenters. The van der Waals surface area contributed by atoms with Gasteiger partial charge in [0.15, 0.2) is 5.78 Å². The van der Waals surface area contributed by atoms with Crippen molar-refractivity contribution in [3.63, 3.8) is 0 Å². The van der Waals surface area contributed by atoms with Crippen molar-refractivity contribution < 1.29 is 14.3 Å². The molecule has 2 aromatic carbocycles. The molecule has 0 radical (unpaired) electrons. The van der Waals surface area contributed by atoms with Crippen LogP contribution in [-0.2, 0) is 6.42 Å². The summed E-state index contributed by atoms with van der Waals surface area (Å²) in [6.45, 7) is 1.95. The molecule has 0 saturated carbocycles. The second-order valence-corrected chi connectivity index (χ2v) is 5.66. The van der Waals surface area contributed by atoms with E-state index >= 15 is 0 Å². The highest BCUT2D eigenvalue weighted by Gasteiger charge is 2.13. The number of carbonyl (C=O) groups excluding carboxylic acids is 1. The van der Waals surface area contributed by atoms with Crippen LogP contribution in [0.1, 0.15) is 21.5 Å². The van der Waals surface area contributed by atoms with Crippen molar-refractivity contribution >= 4 is 21.7 Å². The molecule has 0 spiro atoms. The monoisotopic (exact) mass is 348 g/mol. The quantitative estimate of drug-likeness (QED) is 0.759. The van der Waals surface area contributed by atoms with E-state index in [-0.39, 0.29) is 12.2 Å². The Morgan fingerprint density at radius 3 is 2.43 bits per heavy atom. The van der Waals surface area contributed by atoms with Crippen LogP contribution < -0.4 is 9.47 Å². The Hall–Kier alpha value is -1.81. The Morgan fingerprint density at radius 1 is 1.05 bits per heavy atom. The van der Waals surface area contributed by atoms with Crippen molar-refractivity contribution in [3.8, 4) is 11.5 Å². The summed E-state index contributed by atoms with van der Waals surface area (Å²) < 4.78 is 11.5. The molecule has 0 aromatic heterocycles. The third-order valence-corrected chi connectivity index (χ3v) is 3.82. The predicted octanol–water partition coefficient (Wildman–Crippen LogP) is 4.20. The Labute approximate surface area is 133 Å². The third kappa shape index (κ3) is 3.64. The number of halogens is 1. The molecule has 0 fully saturated rings. The van der Waals surface area contributed by atoms with Gasteiger partial charge in [0.1, 0.15) is 11.5 Å². The molecule has 21 heavy (non-hydrogen) atoms. The van der Waals surface area contributed by atoms with E-state index < -0.39 is 0 Å². The van der Waals surface area contributed by atoms with E-state index in [1.165, 1.54) is 0 Å². The summed E-state index contributed by atoms with van der Waals surface area (Å²) >= 11 is 3.42. The standard InChI is InChI=1S/C17H17BrO3/c1-11-4-5-12(10-17(11)21-3)15(19)9-13-8-14(18)6-7-16(13)20-2/h4-8,10H,9H2,1-3H3. The van der Waals surface area contributed by atoms with Gasteiger partial charge >= 0.3 is 0 Å². The molecule has 0 aliphatic heterocycles. The number of Topliss-reactive ketones (excluding diaryl/α,β-unsaturated/α-hetero) is 1. The molecule has 0 heterocycles. The Bertz CT molecular complexity index is 665. The lowest BCUT2D eigenvalue weighted by atomic mass is 10.0. The summed E-state index contributed by atoms with van der Waals surface area (Å²) in [6, 6.07) is 11.1. The molecular weight excluding hydrogens is 332 g/mol. The summed E-state index contributed by atoms with van der Waals surface area (Å²) in [5, 5.41) is 0. The van der Waals surface area contributed by atoms with Crippen molar-refractivity contribution in [1.82, 2.24) is 0 Å². The van der Waals surface area contributed by atoms with Crippen molar-refractivity contribution in [2.24, 2.45) is 0 Å². The number of aryl methyl sites for hydroxylation is 1. The number of benzene rings is 2. The summed E-state index contributed by atoms with van der Waals surface area (Å²) in [5.41, 5.74) is 2.50. The lowest BCUT2D eigenvalue weighted by Crippen LogP contribution is -2.05. The highest BCUT2D eigenvalue weighted by Crippen LogP contribution is 2.25. The smallest absolute Gasteiger partial charge is 0.167 e. The first kappa shape index (κ1) is 15.6. The Balaban J connectivity index is 2.28. The zero-order valence-corrected chi connectivity index (χ0v) is 13.9. The molecule has 0 bridgehead atoms. The largest absolute Gasteiger partial charge is 0.496 e. The van der Waals surface area contributed by atoms with E-state index in [0.717, 1.165) is 21.3 Å². The molecule has 0 saturated heterocycles. The van der Waals surface area contributed by atoms with Gasteiger partial charge in [-0.3, -0.25) is 4.79 Å². The first-order valence-electron chi connectivity index (χ1n) is 6.55. The highest BCUT2D eigenvalue weighted by molar-refractivity contribution is 9.10. The minimum atomic E-state index is 0.0321. The number of methoxy groups -OCH3 is 2. The number of hydrogen-bond acceptors (Lipinski definition) is 3. The van der Waals surface area contributed by atoms with Gasteiger partial charge in [-0.25, -0.2) is 0 Å². The number of ketones is 1. The van der Waals surface area contributed by atoms with Crippen LogP contribution in [0.5, 0.6) is 11.5 Å². The van der Waals surface area contributed by atoms with Gasteiger partial charge in [0.25, 0.3) is 0 Å². The molecule has 4 heteroatoms. The van der Waals surface area contributed by atoms with E-state index in [1.54, 1.807) is 20.3 Å². The average molecular weight is 349 g/mol. The van der Waals surface area contributed by atoms with E-state index in [4.69, 9.17) is 9.47 Å². The van der Waals surface area contributed by atoms with Crippen LogP contribution in [0.4, 0.5) is 0 Å². The van der Waals surface area contributed by atoms with E-state index in [9.17, 15) is 4.79 Å². The normalized spacial score (nSPS) is 10.3. The number of hydrogen-bond donors (Lipinski definition) is 0. The fourth-order valence-electron chi connectivity index (χ4n) is 2.15. The minimum Gasteiger partial charge on any atom is -0.496 e. The average Bonchev–Trinajstić information content (AvgIpc) is 2.48. The molecular formula is C17H17BrO3. The molecule has 0 amide bonds. The van der Waals surface area contributed by atoms with Gasteiger partial charge in [0, 0.05) is 22.0 Å². The van der Waals surface area contributed by atoms with Gasteiger partial charge in [-0.2, -0.15) is 0 Å². The van der Waals surface area contributed by atoms with Crippen molar-refractivity contribution in [1.29, 1.82) is 0 Å². The summed E-state index contributed by atoms with van der Waals surface area (Å²) in [4.78, 5) is 12.4. The lowest BCUT2D eigenvalue weighted by molar-refractivity contribution is 0.0991. The summed E-state index contributed by atoms with van der Waals surface area (Å²) in [5.74, 6) is 1.47. The maximum atomic E-state index is 12.4. The molecule has 0 atom stereocenters. The highest BCUT2D eigenvalue weighted by atomic mass is 79.9. The van der Waals surface area contributed by atoms with Crippen molar-refractivity contribution in [2.75, 3.05) is 14.2 Å². The van der Waals surface area contributed by atoms with Crippen LogP contribution in [0.15, 0.2) is 40.9 Å². The number of ether oxygens (including phenoxy) is 2. The maximum absolute atomic E-state index is 12.4. The second kappa shape index (κ2) is 6.76. The van der Waals surface area contributed by atoms with Gasteiger partial charge in [0.05, 0.1) is 14.2 Å². The van der Waals surface area contributed by atoms with E-state index in [1.807, 2.05) is 37.3 Å². The SMILES string of the molecule is COc1cc(C(=O)Cc2cc(Br)ccc2OC)ccc1C. The van der Waals surface area contributed by atoms with Crippen molar-refractivity contribution in [3.05, 3.63) is 57.6 Å². The Morgan fingerprint density at radius 2 is 1.76 bits per heavy atom. The van der Waals surface area contributed by atoms with Gasteiger partial charge < -0.3 is 9.47 Å². The van der Waals surface area contributed by atoms with Crippen LogP contribution in [0, 0.1) is 6.92 Å². The van der Waals surface area contributed by atoms with Gasteiger partial charge in [-0.15, -0.1) is 0 Å². The molecule has 0 aliphatic carbocycles. The molecule has 2 aromatic rings. The summed E-state index contributed by atoms with van der Waals surface area (Å²) in [6.07, 6.45) is 0.287. The zero-order valence-electron chi connectivity index (χ0n) is 12.3. The van der Waals surface area contributed by atoms with Crippen LogP contribution in [0.25, 0.3) is 0 Å². The molecule has 110 valence electrons. The van der Waals surface area contributed by atoms with Gasteiger partial charge in [0.2, 0.25) is 0 Å². The fraction of sp³-hybridized carbons (Fsp3) is 0.235. The topological polar surface area (TPSA) is 35.5 Å². The second-order valence-electron chi connectivity index (χ2n) is 4.74. The lowest BCUT2D eigenvalue weighted by Gasteiger charge is -2.10. The fourth-order valence-corrected chi connectivity index (χ4v) is 2.56. The maximum Gasteiger partial charge on any atom is 0.167 e. The predicted molar refractivity (Wildman–Crippen MR) is 86.5 cm³/mol. The van der Waals surface area contributed by atoms with Gasteiger partial charge in [-0.05, 0) is 36.8 Å². The number of carbonyl (C=O) groups is 1. The zero-order chi connectivity index (χ0) is 15.4. The first-order chi connectivity index (χ1) is 10.0. The van der Waals surface area contributed by atoms with E-state index in [2.05, 4.69) is 15.9 Å². The Kier molecular flexibility index (Phi) is 5.02. The van der Waals surface area contributed by atoms with Crippen LogP contribution in [0.3, 0.4) is 0 Å². The van der Waals surface area contributed by atoms with Crippen molar-refractivity contribution in [2.45, 2.75) is 13.3 Å². The third-order valence-electron chi connectivity index (χ3n) is 3.32. The molecule has 0 aliphatic rings. The summed E-state index contributed by atoms with van der Waals surface area (Å²) in [7, 11) is 3.21. The van der Waals surface area contributed by atoms with Gasteiger partial charge in [-0.1, -0.05) is 28.1 Å².